The first-order valence-corrected chi connectivity index (χ1v) is 11.1. The van der Waals surface area contributed by atoms with E-state index in [2.05, 4.69) is 4.98 Å². The Morgan fingerprint density at radius 3 is 2.65 bits per heavy atom. The fourth-order valence-electron chi connectivity index (χ4n) is 3.65. The average molecular weight is 449 g/mol. The molecule has 5 rings (SSSR count). The van der Waals surface area contributed by atoms with Gasteiger partial charge in [0.05, 0.1) is 33.8 Å². The van der Waals surface area contributed by atoms with Gasteiger partial charge < -0.3 is 9.84 Å². The molecule has 0 fully saturated rings. The van der Waals surface area contributed by atoms with E-state index < -0.39 is 17.7 Å². The Morgan fingerprint density at radius 1 is 1.13 bits per heavy atom. The fourth-order valence-corrected chi connectivity index (χ4v) is 5.35. The number of nitrogens with zero attached hydrogens (tertiary/aromatic N) is 2. The largest absolute Gasteiger partial charge is 0.503 e. The number of amides is 1. The quantitative estimate of drug-likeness (QED) is 0.427. The van der Waals surface area contributed by atoms with E-state index in [4.69, 9.17) is 4.74 Å². The maximum atomic E-state index is 13.3. The third kappa shape index (κ3) is 3.20. The van der Waals surface area contributed by atoms with Crippen molar-refractivity contribution in [2.75, 3.05) is 12.0 Å². The summed E-state index contributed by atoms with van der Waals surface area (Å²) in [4.78, 5) is 32.9. The Bertz CT molecular complexity index is 1330. The minimum atomic E-state index is -0.772. The molecule has 0 bridgehead atoms. The van der Waals surface area contributed by atoms with Gasteiger partial charge in [0, 0.05) is 0 Å². The monoisotopic (exact) mass is 448 g/mol. The third-order valence-electron chi connectivity index (χ3n) is 5.10. The molecule has 0 radical (unpaired) electrons. The number of methoxy groups -OCH3 is 1. The third-order valence-corrected chi connectivity index (χ3v) is 6.99. The summed E-state index contributed by atoms with van der Waals surface area (Å²) in [5, 5.41) is 13.0. The molecule has 1 atom stereocenters. The lowest BCUT2D eigenvalue weighted by Gasteiger charge is -2.24. The maximum absolute atomic E-state index is 13.3. The van der Waals surface area contributed by atoms with Crippen LogP contribution in [0.2, 0.25) is 0 Å². The van der Waals surface area contributed by atoms with Crippen LogP contribution in [0, 0.1) is 0 Å². The van der Waals surface area contributed by atoms with Gasteiger partial charge in [0.1, 0.15) is 5.75 Å². The Morgan fingerprint density at radius 2 is 1.94 bits per heavy atom. The second-order valence-corrected chi connectivity index (χ2v) is 8.84. The number of aromatic nitrogens is 1. The van der Waals surface area contributed by atoms with Crippen LogP contribution in [0.25, 0.3) is 10.2 Å². The highest BCUT2D eigenvalue weighted by Gasteiger charge is 2.46. The molecule has 0 unspecified atom stereocenters. The van der Waals surface area contributed by atoms with E-state index in [-0.39, 0.29) is 11.4 Å². The Balaban J connectivity index is 1.66. The summed E-state index contributed by atoms with van der Waals surface area (Å²) in [5.41, 5.74) is 1.49. The zero-order valence-electron chi connectivity index (χ0n) is 16.3. The van der Waals surface area contributed by atoms with Crippen LogP contribution in [0.1, 0.15) is 21.3 Å². The molecule has 1 aliphatic rings. The molecule has 1 amide bonds. The van der Waals surface area contributed by atoms with Crippen LogP contribution in [0.4, 0.5) is 5.13 Å². The number of ketones is 1. The molecule has 0 aliphatic carbocycles. The van der Waals surface area contributed by atoms with Gasteiger partial charge in [-0.3, -0.25) is 14.5 Å². The zero-order chi connectivity index (χ0) is 21.5. The van der Waals surface area contributed by atoms with Gasteiger partial charge in [-0.05, 0) is 35.2 Å². The number of hydrogen-bond donors (Lipinski definition) is 1. The molecule has 0 saturated heterocycles. The van der Waals surface area contributed by atoms with Gasteiger partial charge in [-0.25, -0.2) is 4.98 Å². The molecule has 3 heterocycles. The van der Waals surface area contributed by atoms with Crippen molar-refractivity contribution in [1.82, 2.24) is 4.98 Å². The van der Waals surface area contributed by atoms with Crippen molar-refractivity contribution < 1.29 is 19.4 Å². The van der Waals surface area contributed by atoms with Gasteiger partial charge in [0.2, 0.25) is 5.78 Å². The summed E-state index contributed by atoms with van der Waals surface area (Å²) >= 11 is 2.58. The van der Waals surface area contributed by atoms with Crippen LogP contribution in [0.15, 0.2) is 77.4 Å². The number of aliphatic hydroxyl groups is 1. The van der Waals surface area contributed by atoms with E-state index in [0.717, 1.165) is 10.3 Å². The molecular formula is C23H16N2O4S2. The highest BCUT2D eigenvalue weighted by Crippen LogP contribution is 2.44. The number of rotatable bonds is 5. The summed E-state index contributed by atoms with van der Waals surface area (Å²) in [6, 6.07) is 17.3. The number of anilines is 1. The van der Waals surface area contributed by atoms with E-state index in [0.29, 0.717) is 21.3 Å². The first kappa shape index (κ1) is 19.5. The molecule has 154 valence electrons. The van der Waals surface area contributed by atoms with Gasteiger partial charge in [-0.1, -0.05) is 47.7 Å². The minimum absolute atomic E-state index is 0.0653. The van der Waals surface area contributed by atoms with Crippen molar-refractivity contribution in [3.05, 3.63) is 87.8 Å². The molecule has 0 saturated carbocycles. The molecule has 31 heavy (non-hydrogen) atoms. The standard InChI is InChI=1S/C23H16N2O4S2/c1-29-14-9-10-15-17(12-14)31-23(24-15)25-19(13-6-3-2-4-7-13)18(21(27)22(25)28)20(26)16-8-5-11-30-16/h2-12,19,27H,1H3/t19-/m0/s1. The van der Waals surface area contributed by atoms with Gasteiger partial charge >= 0.3 is 0 Å². The van der Waals surface area contributed by atoms with Crippen molar-refractivity contribution in [3.63, 3.8) is 0 Å². The Kier molecular flexibility index (Phi) is 4.80. The first-order valence-electron chi connectivity index (χ1n) is 9.43. The lowest BCUT2D eigenvalue weighted by Crippen LogP contribution is -2.30. The Hall–Kier alpha value is -3.49. The summed E-state index contributed by atoms with van der Waals surface area (Å²) in [6.45, 7) is 0. The van der Waals surface area contributed by atoms with E-state index in [1.807, 2.05) is 42.5 Å². The number of Topliss-reactive ketones (excluding diaryl/α,β-unsaturated/α-hetero) is 1. The maximum Gasteiger partial charge on any atom is 0.296 e. The molecule has 0 spiro atoms. The number of fused-ring (bicyclic) bond motifs is 1. The lowest BCUT2D eigenvalue weighted by atomic mass is 9.96. The molecule has 2 aromatic heterocycles. The van der Waals surface area contributed by atoms with Crippen LogP contribution in [0.3, 0.4) is 0 Å². The van der Waals surface area contributed by atoms with Gasteiger partial charge in [0.25, 0.3) is 5.91 Å². The van der Waals surface area contributed by atoms with E-state index in [1.54, 1.807) is 30.7 Å². The van der Waals surface area contributed by atoms with Crippen molar-refractivity contribution in [2.45, 2.75) is 6.04 Å². The number of carbonyl (C=O) groups is 2. The zero-order valence-corrected chi connectivity index (χ0v) is 17.9. The highest BCUT2D eigenvalue weighted by molar-refractivity contribution is 7.22. The van der Waals surface area contributed by atoms with Crippen LogP contribution in [-0.2, 0) is 4.79 Å². The summed E-state index contributed by atoms with van der Waals surface area (Å²) in [7, 11) is 1.59. The normalized spacial score (nSPS) is 16.4. The van der Waals surface area contributed by atoms with Gasteiger partial charge in [-0.2, -0.15) is 0 Å². The minimum Gasteiger partial charge on any atom is -0.503 e. The fraction of sp³-hybridized carbons (Fsp3) is 0.0870. The lowest BCUT2D eigenvalue weighted by molar-refractivity contribution is -0.117. The topological polar surface area (TPSA) is 79.7 Å². The molecule has 1 aliphatic heterocycles. The van der Waals surface area contributed by atoms with Gasteiger partial charge in [0.15, 0.2) is 10.9 Å². The van der Waals surface area contributed by atoms with Gasteiger partial charge in [-0.15, -0.1) is 11.3 Å². The summed E-state index contributed by atoms with van der Waals surface area (Å²) in [5.74, 6) is -0.853. The second-order valence-electron chi connectivity index (χ2n) is 6.89. The summed E-state index contributed by atoms with van der Waals surface area (Å²) < 4.78 is 6.12. The highest BCUT2D eigenvalue weighted by atomic mass is 32.1. The summed E-state index contributed by atoms with van der Waals surface area (Å²) in [6.07, 6.45) is 0. The number of carbonyl (C=O) groups excluding carboxylic acids is 2. The number of thiazole rings is 1. The molecular weight excluding hydrogens is 432 g/mol. The molecule has 1 N–H and O–H groups in total. The predicted molar refractivity (Wildman–Crippen MR) is 121 cm³/mol. The molecule has 2 aromatic carbocycles. The Labute approximate surface area is 185 Å². The number of ether oxygens (including phenoxy) is 1. The van der Waals surface area contributed by atoms with Crippen molar-refractivity contribution in [2.24, 2.45) is 0 Å². The van der Waals surface area contributed by atoms with Crippen LogP contribution in [0.5, 0.6) is 5.75 Å². The van der Waals surface area contributed by atoms with E-state index in [1.165, 1.54) is 27.6 Å². The van der Waals surface area contributed by atoms with E-state index in [9.17, 15) is 14.7 Å². The molecule has 6 nitrogen and oxygen atoms in total. The smallest absolute Gasteiger partial charge is 0.296 e. The van der Waals surface area contributed by atoms with Crippen molar-refractivity contribution in [3.8, 4) is 5.75 Å². The van der Waals surface area contributed by atoms with Crippen LogP contribution >= 0.6 is 22.7 Å². The number of aliphatic hydroxyl groups excluding tert-OH is 1. The van der Waals surface area contributed by atoms with Crippen LogP contribution in [-0.4, -0.2) is 28.9 Å². The first-order chi connectivity index (χ1) is 15.1. The SMILES string of the molecule is COc1ccc2nc(N3C(=O)C(O)=C(C(=O)c4cccs4)[C@@H]3c3ccccc3)sc2c1. The average Bonchev–Trinajstić information content (AvgIpc) is 3.52. The molecule has 8 heteroatoms. The van der Waals surface area contributed by atoms with Crippen molar-refractivity contribution in [1.29, 1.82) is 0 Å². The van der Waals surface area contributed by atoms with E-state index >= 15 is 0 Å². The predicted octanol–water partition coefficient (Wildman–Crippen LogP) is 5.15. The number of thiophene rings is 1. The van der Waals surface area contributed by atoms with Crippen LogP contribution < -0.4 is 9.64 Å². The second kappa shape index (κ2) is 7.64. The van der Waals surface area contributed by atoms with Crippen molar-refractivity contribution >= 4 is 49.7 Å². The molecule has 4 aromatic rings. The number of hydrogen-bond acceptors (Lipinski definition) is 7. The number of benzene rings is 2.